The number of halogens is 3. The second kappa shape index (κ2) is 10.2. The highest BCUT2D eigenvalue weighted by atomic mass is 35.6. The number of carbonyl (C=O) groups excluding carboxylic acids is 2. The first-order valence-electron chi connectivity index (χ1n) is 9.41. The van der Waals surface area contributed by atoms with Gasteiger partial charge in [0.1, 0.15) is 24.9 Å². The summed E-state index contributed by atoms with van der Waals surface area (Å²) in [5.41, 5.74) is 0. The van der Waals surface area contributed by atoms with Gasteiger partial charge < -0.3 is 33.7 Å². The van der Waals surface area contributed by atoms with Crippen LogP contribution in [0.3, 0.4) is 0 Å². The van der Waals surface area contributed by atoms with Gasteiger partial charge in [-0.3, -0.25) is 4.79 Å². The van der Waals surface area contributed by atoms with E-state index in [-0.39, 0.29) is 19.1 Å². The molecule has 12 heteroatoms. The molecule has 0 aromatic heterocycles. The van der Waals surface area contributed by atoms with E-state index in [0.717, 1.165) is 32.1 Å². The highest BCUT2D eigenvalue weighted by Crippen LogP contribution is 2.43. The van der Waals surface area contributed by atoms with E-state index in [4.69, 9.17) is 63.2 Å². The van der Waals surface area contributed by atoms with Gasteiger partial charge in [-0.2, -0.15) is 0 Å². The minimum absolute atomic E-state index is 0.0564. The van der Waals surface area contributed by atoms with Crippen LogP contribution >= 0.6 is 34.8 Å². The molecule has 0 bridgehead atoms. The summed E-state index contributed by atoms with van der Waals surface area (Å²) < 4.78 is 31.0. The number of rotatable bonds is 6. The van der Waals surface area contributed by atoms with Gasteiger partial charge in [0, 0.05) is 13.2 Å². The average molecular weight is 477 g/mol. The Hall–Kier alpha value is -0.550. The van der Waals surface area contributed by atoms with Crippen LogP contribution in [0.25, 0.3) is 0 Å². The number of hydrogen-bond acceptors (Lipinski definition) is 8. The lowest BCUT2D eigenvalue weighted by Gasteiger charge is -2.40. The van der Waals surface area contributed by atoms with Crippen molar-refractivity contribution >= 4 is 47.4 Å². The summed E-state index contributed by atoms with van der Waals surface area (Å²) in [5.74, 6) is 0. The average Bonchev–Trinajstić information content (AvgIpc) is 3.14. The van der Waals surface area contributed by atoms with Crippen molar-refractivity contribution in [3.8, 4) is 0 Å². The van der Waals surface area contributed by atoms with Gasteiger partial charge in [-0.05, 0) is 12.8 Å². The van der Waals surface area contributed by atoms with Crippen LogP contribution in [0.4, 0.5) is 4.79 Å². The maximum atomic E-state index is 12.5. The van der Waals surface area contributed by atoms with Gasteiger partial charge >= 0.3 is 6.09 Å². The summed E-state index contributed by atoms with van der Waals surface area (Å²) in [5, 5.41) is 2.86. The van der Waals surface area contributed by atoms with Crippen molar-refractivity contribution in [3.05, 3.63) is 0 Å². The van der Waals surface area contributed by atoms with Crippen molar-refractivity contribution in [2.45, 2.75) is 78.9 Å². The number of alkyl halides is 3. The molecule has 0 spiro atoms. The standard InChI is InChI=1S/C17H24Cl3NO8/c1-24-14-13(29-16(23)21-9-5-3-2-4-6-9)12-11(10(26-14)7-25-8-22)27-15(28-12)17(18,19)20/h8-15H,2-7H2,1H3,(H,21,23)/t10-,11-,12-,13+,14+,15+/m1/s1. The lowest BCUT2D eigenvalue weighted by molar-refractivity contribution is -0.273. The number of fused-ring (bicyclic) bond motifs is 1. The number of ether oxygens (including phenoxy) is 6. The summed E-state index contributed by atoms with van der Waals surface area (Å²) in [4.78, 5) is 23.1. The van der Waals surface area contributed by atoms with E-state index in [0.29, 0.717) is 0 Å². The van der Waals surface area contributed by atoms with Crippen molar-refractivity contribution in [2.24, 2.45) is 0 Å². The number of methoxy groups -OCH3 is 1. The summed E-state index contributed by atoms with van der Waals surface area (Å²) in [6, 6.07) is 0.0564. The normalized spacial score (nSPS) is 35.6. The Labute approximate surface area is 183 Å². The predicted molar refractivity (Wildman–Crippen MR) is 102 cm³/mol. The van der Waals surface area contributed by atoms with E-state index < -0.39 is 46.9 Å². The number of alkyl carbamates (subject to hydrolysis) is 1. The van der Waals surface area contributed by atoms with Gasteiger partial charge in [0.2, 0.25) is 10.1 Å². The van der Waals surface area contributed by atoms with Crippen molar-refractivity contribution in [1.29, 1.82) is 0 Å². The molecule has 0 aromatic rings. The molecule has 3 fully saturated rings. The van der Waals surface area contributed by atoms with Crippen molar-refractivity contribution in [1.82, 2.24) is 5.32 Å². The van der Waals surface area contributed by atoms with Gasteiger partial charge in [-0.15, -0.1) is 0 Å². The Balaban J connectivity index is 1.72. The fourth-order valence-electron chi connectivity index (χ4n) is 3.82. The summed E-state index contributed by atoms with van der Waals surface area (Å²) >= 11 is 17.7. The van der Waals surface area contributed by atoms with Crippen LogP contribution in [0.2, 0.25) is 0 Å². The van der Waals surface area contributed by atoms with Crippen LogP contribution in [0, 0.1) is 0 Å². The molecule has 3 aliphatic rings. The van der Waals surface area contributed by atoms with Crippen LogP contribution in [0.5, 0.6) is 0 Å². The summed E-state index contributed by atoms with van der Waals surface area (Å²) in [7, 11) is 1.39. The molecule has 9 nitrogen and oxygen atoms in total. The third kappa shape index (κ3) is 5.78. The van der Waals surface area contributed by atoms with E-state index in [1.54, 1.807) is 0 Å². The van der Waals surface area contributed by atoms with Crippen molar-refractivity contribution in [3.63, 3.8) is 0 Å². The van der Waals surface area contributed by atoms with E-state index in [2.05, 4.69) is 5.32 Å². The Morgan fingerprint density at radius 3 is 2.45 bits per heavy atom. The molecule has 3 rings (SSSR count). The molecule has 2 aliphatic heterocycles. The summed E-state index contributed by atoms with van der Waals surface area (Å²) in [6.45, 7) is 0.143. The second-order valence-corrected chi connectivity index (χ2v) is 9.50. The Bertz CT molecular complexity index is 571. The number of carbonyl (C=O) groups is 2. The summed E-state index contributed by atoms with van der Waals surface area (Å²) in [6.07, 6.45) is -1.19. The minimum atomic E-state index is -1.88. The third-order valence-corrected chi connectivity index (χ3v) is 5.69. The number of amides is 1. The molecule has 2 saturated heterocycles. The highest BCUT2D eigenvalue weighted by Gasteiger charge is 2.58. The number of nitrogens with one attached hydrogen (secondary N) is 1. The zero-order valence-electron chi connectivity index (χ0n) is 15.8. The maximum absolute atomic E-state index is 12.5. The van der Waals surface area contributed by atoms with E-state index in [9.17, 15) is 9.59 Å². The molecule has 166 valence electrons. The van der Waals surface area contributed by atoms with Crippen molar-refractivity contribution in [2.75, 3.05) is 13.7 Å². The monoisotopic (exact) mass is 475 g/mol. The SMILES string of the molecule is CO[C@H]1O[C@H](COC=O)[C@H]2O[C@H](C(Cl)(Cl)Cl)O[C@H]2[C@@H]1OC(=O)NC1CCCCC1. The van der Waals surface area contributed by atoms with Crippen LogP contribution < -0.4 is 5.32 Å². The van der Waals surface area contributed by atoms with Crippen LogP contribution in [-0.4, -0.2) is 73.1 Å². The smallest absolute Gasteiger partial charge is 0.407 e. The van der Waals surface area contributed by atoms with E-state index >= 15 is 0 Å². The fraction of sp³-hybridized carbons (Fsp3) is 0.882. The van der Waals surface area contributed by atoms with Gasteiger partial charge in [0.25, 0.3) is 6.47 Å². The molecule has 1 N–H and O–H groups in total. The maximum Gasteiger partial charge on any atom is 0.407 e. The zero-order valence-corrected chi connectivity index (χ0v) is 18.0. The second-order valence-electron chi connectivity index (χ2n) is 7.13. The molecule has 6 atom stereocenters. The van der Waals surface area contributed by atoms with Crippen LogP contribution in [0.15, 0.2) is 0 Å². The molecule has 1 aliphatic carbocycles. The minimum Gasteiger partial charge on any atom is -0.465 e. The molecule has 1 saturated carbocycles. The van der Waals surface area contributed by atoms with Gasteiger partial charge in [-0.25, -0.2) is 4.79 Å². The molecule has 0 radical (unpaired) electrons. The quantitative estimate of drug-likeness (QED) is 0.461. The van der Waals surface area contributed by atoms with Gasteiger partial charge in [0.05, 0.1) is 0 Å². The van der Waals surface area contributed by atoms with Crippen LogP contribution in [-0.2, 0) is 33.2 Å². The molecular weight excluding hydrogens is 453 g/mol. The predicted octanol–water partition coefficient (Wildman–Crippen LogP) is 2.44. The zero-order chi connectivity index (χ0) is 21.0. The third-order valence-electron chi connectivity index (χ3n) is 5.15. The lowest BCUT2D eigenvalue weighted by atomic mass is 9.96. The molecule has 2 heterocycles. The Kier molecular flexibility index (Phi) is 8.11. The first-order valence-corrected chi connectivity index (χ1v) is 10.5. The van der Waals surface area contributed by atoms with Crippen LogP contribution in [0.1, 0.15) is 32.1 Å². The lowest BCUT2D eigenvalue weighted by Crippen LogP contribution is -2.60. The fourth-order valence-corrected chi connectivity index (χ4v) is 4.13. The Morgan fingerprint density at radius 2 is 1.83 bits per heavy atom. The molecule has 0 aromatic carbocycles. The Morgan fingerprint density at radius 1 is 1.14 bits per heavy atom. The molecule has 29 heavy (non-hydrogen) atoms. The van der Waals surface area contributed by atoms with Gasteiger partial charge in [-0.1, -0.05) is 54.1 Å². The van der Waals surface area contributed by atoms with E-state index in [1.165, 1.54) is 7.11 Å². The van der Waals surface area contributed by atoms with Gasteiger partial charge in [0.15, 0.2) is 12.4 Å². The molecule has 0 unspecified atom stereocenters. The molecule has 1 amide bonds. The largest absolute Gasteiger partial charge is 0.465 e. The highest BCUT2D eigenvalue weighted by molar-refractivity contribution is 6.67. The first-order chi connectivity index (χ1) is 13.8. The number of hydrogen-bond donors (Lipinski definition) is 1. The van der Waals surface area contributed by atoms with Crippen molar-refractivity contribution < 1.29 is 38.0 Å². The topological polar surface area (TPSA) is 102 Å². The first kappa shape index (κ1) is 23.1. The molecular formula is C17H24Cl3NO8. The van der Waals surface area contributed by atoms with E-state index in [1.807, 2.05) is 0 Å².